The van der Waals surface area contributed by atoms with Gasteiger partial charge in [0.2, 0.25) is 0 Å². The summed E-state index contributed by atoms with van der Waals surface area (Å²) in [5.74, 6) is 1.52. The van der Waals surface area contributed by atoms with E-state index in [0.29, 0.717) is 33.4 Å². The normalized spacial score (nSPS) is 11.7. The number of fused-ring (bicyclic) bond motifs is 1. The average molecular weight is 588 g/mol. The van der Waals surface area contributed by atoms with E-state index in [1.54, 1.807) is 18.3 Å². The molecule has 2 aromatic heterocycles. The molecule has 5 rings (SSSR count). The van der Waals surface area contributed by atoms with E-state index >= 15 is 0 Å². The Balaban J connectivity index is 1.71. The van der Waals surface area contributed by atoms with Crippen molar-refractivity contribution >= 4 is 40.3 Å². The Kier molecular flexibility index (Phi) is 8.07. The minimum absolute atomic E-state index is 0.212. The Labute approximate surface area is 249 Å². The van der Waals surface area contributed by atoms with Crippen LogP contribution >= 0.6 is 23.2 Å². The zero-order valence-electron chi connectivity index (χ0n) is 24.0. The lowest BCUT2D eigenvalue weighted by Gasteiger charge is -2.18. The average Bonchev–Trinajstić information content (AvgIpc) is 3.22. The number of aromatic nitrogens is 3. The molecule has 8 heteroatoms. The molecular weight excluding hydrogens is 555 g/mol. The van der Waals surface area contributed by atoms with Crippen molar-refractivity contribution in [2.24, 2.45) is 5.10 Å². The van der Waals surface area contributed by atoms with Gasteiger partial charge < -0.3 is 9.30 Å². The van der Waals surface area contributed by atoms with Crippen LogP contribution in [0.3, 0.4) is 0 Å². The zero-order valence-corrected chi connectivity index (χ0v) is 25.5. The molecule has 0 N–H and O–H groups in total. The van der Waals surface area contributed by atoms with Crippen molar-refractivity contribution in [3.8, 4) is 22.8 Å². The van der Waals surface area contributed by atoms with Crippen molar-refractivity contribution in [1.29, 1.82) is 0 Å². The van der Waals surface area contributed by atoms with Gasteiger partial charge in [-0.05, 0) is 87.2 Å². The highest BCUT2D eigenvalue weighted by molar-refractivity contribution is 6.43. The summed E-state index contributed by atoms with van der Waals surface area (Å²) in [6, 6.07) is 19.0. The highest BCUT2D eigenvalue weighted by Crippen LogP contribution is 2.35. The maximum Gasteiger partial charge on any atom is 0.282 e. The van der Waals surface area contributed by atoms with E-state index in [1.807, 2.05) is 74.7 Å². The summed E-state index contributed by atoms with van der Waals surface area (Å²) in [4.78, 5) is 18.8. The molecule has 41 heavy (non-hydrogen) atoms. The summed E-state index contributed by atoms with van der Waals surface area (Å²) >= 11 is 12.9. The minimum atomic E-state index is -0.243. The summed E-state index contributed by atoms with van der Waals surface area (Å²) in [6.45, 7) is 12.8. The first-order valence-corrected chi connectivity index (χ1v) is 14.3. The molecule has 0 spiro atoms. The number of ether oxygens (including phenoxy) is 1. The van der Waals surface area contributed by atoms with Gasteiger partial charge in [0.15, 0.2) is 5.82 Å². The topological polar surface area (TPSA) is 61.4 Å². The molecule has 0 aliphatic rings. The monoisotopic (exact) mass is 586 g/mol. The maximum absolute atomic E-state index is 13.9. The Morgan fingerprint density at radius 2 is 1.78 bits per heavy atom. The third-order valence-electron chi connectivity index (χ3n) is 7.23. The van der Waals surface area contributed by atoms with Crippen molar-refractivity contribution in [3.63, 3.8) is 0 Å². The smallest absolute Gasteiger partial charge is 0.282 e. The molecule has 6 nitrogen and oxygen atoms in total. The molecule has 0 saturated carbocycles. The van der Waals surface area contributed by atoms with Gasteiger partial charge in [-0.25, -0.2) is 4.98 Å². The summed E-state index contributed by atoms with van der Waals surface area (Å²) < 4.78 is 9.37. The first kappa shape index (κ1) is 28.7. The summed E-state index contributed by atoms with van der Waals surface area (Å²) in [5.41, 5.74) is 6.69. The van der Waals surface area contributed by atoms with Crippen LogP contribution in [-0.2, 0) is 0 Å². The molecule has 0 aliphatic heterocycles. The molecule has 0 radical (unpaired) electrons. The van der Waals surface area contributed by atoms with E-state index in [2.05, 4.69) is 19.9 Å². The number of rotatable bonds is 7. The summed E-state index contributed by atoms with van der Waals surface area (Å²) in [7, 11) is 0. The van der Waals surface area contributed by atoms with Crippen molar-refractivity contribution in [3.05, 3.63) is 109 Å². The molecule has 0 saturated heterocycles. The molecule has 0 aliphatic carbocycles. The van der Waals surface area contributed by atoms with Crippen LogP contribution in [0.25, 0.3) is 28.0 Å². The SMILES string of the molecule is CCOc1cc(C)c(-c2nc3ccccc3c(=O)n2N=Cc2cc(C)n(-c3cccc(Cl)c3Cl)c2C)cc1C(C)C. The molecule has 0 bridgehead atoms. The Morgan fingerprint density at radius 1 is 1.02 bits per heavy atom. The number of nitrogens with zero attached hydrogens (tertiary/aromatic N) is 4. The van der Waals surface area contributed by atoms with Crippen LogP contribution in [-0.4, -0.2) is 27.0 Å². The van der Waals surface area contributed by atoms with Gasteiger partial charge in [-0.15, -0.1) is 0 Å². The van der Waals surface area contributed by atoms with Gasteiger partial charge >= 0.3 is 0 Å². The third kappa shape index (κ3) is 5.30. The summed E-state index contributed by atoms with van der Waals surface area (Å²) in [5, 5.41) is 6.20. The lowest BCUT2D eigenvalue weighted by molar-refractivity contribution is 0.335. The highest BCUT2D eigenvalue weighted by Gasteiger charge is 2.19. The Morgan fingerprint density at radius 3 is 2.51 bits per heavy atom. The van der Waals surface area contributed by atoms with E-state index in [9.17, 15) is 4.79 Å². The number of aryl methyl sites for hydroxylation is 2. The van der Waals surface area contributed by atoms with Crippen LogP contribution < -0.4 is 10.3 Å². The number of para-hydroxylation sites is 1. The van der Waals surface area contributed by atoms with Gasteiger partial charge in [0.05, 0.1) is 39.5 Å². The van der Waals surface area contributed by atoms with Gasteiger partial charge in [0, 0.05) is 22.5 Å². The predicted octanol–water partition coefficient (Wildman–Crippen LogP) is 8.49. The van der Waals surface area contributed by atoms with Crippen molar-refractivity contribution in [1.82, 2.24) is 14.2 Å². The van der Waals surface area contributed by atoms with Gasteiger partial charge in [0.1, 0.15) is 5.75 Å². The van der Waals surface area contributed by atoms with Gasteiger partial charge in [0.25, 0.3) is 5.56 Å². The van der Waals surface area contributed by atoms with Crippen LogP contribution in [0.4, 0.5) is 0 Å². The standard InChI is InChI=1S/C33H32Cl2N4O2/c1-7-41-30-15-20(4)26(17-25(30)19(2)3)32-37-28-13-9-8-11-24(28)33(40)39(32)36-18-23-16-21(5)38(22(23)6)29-14-10-12-27(34)31(29)35/h8-19H,7H2,1-6H3. The van der Waals surface area contributed by atoms with E-state index in [-0.39, 0.29) is 11.5 Å². The fraction of sp³-hybridized carbons (Fsp3) is 0.242. The fourth-order valence-corrected chi connectivity index (χ4v) is 5.53. The largest absolute Gasteiger partial charge is 0.494 e. The van der Waals surface area contributed by atoms with Crippen LogP contribution in [0.2, 0.25) is 10.0 Å². The molecule has 0 fully saturated rings. The highest BCUT2D eigenvalue weighted by atomic mass is 35.5. The second-order valence-corrected chi connectivity index (χ2v) is 11.1. The molecule has 3 aromatic carbocycles. The predicted molar refractivity (Wildman–Crippen MR) is 170 cm³/mol. The van der Waals surface area contributed by atoms with Crippen molar-refractivity contribution in [2.75, 3.05) is 6.61 Å². The van der Waals surface area contributed by atoms with E-state index in [1.165, 1.54) is 4.68 Å². The van der Waals surface area contributed by atoms with Crippen LogP contribution in [0.5, 0.6) is 5.75 Å². The lowest BCUT2D eigenvalue weighted by atomic mass is 9.96. The first-order valence-electron chi connectivity index (χ1n) is 13.6. The van der Waals surface area contributed by atoms with Crippen molar-refractivity contribution < 1.29 is 4.74 Å². The zero-order chi connectivity index (χ0) is 29.4. The third-order valence-corrected chi connectivity index (χ3v) is 8.04. The van der Waals surface area contributed by atoms with Crippen LogP contribution in [0, 0.1) is 20.8 Å². The Hall–Kier alpha value is -3.87. The number of halogens is 2. The molecule has 5 aromatic rings. The second-order valence-electron chi connectivity index (χ2n) is 10.3. The molecule has 2 heterocycles. The van der Waals surface area contributed by atoms with E-state index in [0.717, 1.165) is 45.1 Å². The summed E-state index contributed by atoms with van der Waals surface area (Å²) in [6.07, 6.45) is 1.70. The molecule has 0 atom stereocenters. The minimum Gasteiger partial charge on any atom is -0.494 e. The van der Waals surface area contributed by atoms with E-state index in [4.69, 9.17) is 38.0 Å². The quantitative estimate of drug-likeness (QED) is 0.180. The molecule has 0 unspecified atom stereocenters. The lowest BCUT2D eigenvalue weighted by Crippen LogP contribution is -2.21. The number of benzene rings is 3. The van der Waals surface area contributed by atoms with Gasteiger partial charge in [-0.2, -0.15) is 9.78 Å². The van der Waals surface area contributed by atoms with Gasteiger partial charge in [-0.1, -0.05) is 55.2 Å². The van der Waals surface area contributed by atoms with E-state index < -0.39 is 0 Å². The maximum atomic E-state index is 13.9. The molecular formula is C33H32Cl2N4O2. The van der Waals surface area contributed by atoms with Gasteiger partial charge in [-0.3, -0.25) is 4.79 Å². The van der Waals surface area contributed by atoms with Crippen LogP contribution in [0.1, 0.15) is 54.8 Å². The van der Waals surface area contributed by atoms with Crippen LogP contribution in [0.15, 0.2) is 70.6 Å². The number of hydrogen-bond acceptors (Lipinski definition) is 4. The number of hydrogen-bond donors (Lipinski definition) is 0. The van der Waals surface area contributed by atoms with Crippen molar-refractivity contribution in [2.45, 2.75) is 47.5 Å². The molecule has 0 amide bonds. The fourth-order valence-electron chi connectivity index (χ4n) is 5.15. The second kappa shape index (κ2) is 11.6. The Bertz CT molecular complexity index is 1870. The molecule has 210 valence electrons. The first-order chi connectivity index (χ1) is 19.6.